The Labute approximate surface area is 202 Å². The van der Waals surface area contributed by atoms with Crippen molar-refractivity contribution < 1.29 is 19.1 Å². The molecule has 2 heterocycles. The van der Waals surface area contributed by atoms with Gasteiger partial charge < -0.3 is 19.3 Å². The summed E-state index contributed by atoms with van der Waals surface area (Å²) in [5.41, 5.74) is 1.68. The van der Waals surface area contributed by atoms with Crippen molar-refractivity contribution in [2.45, 2.75) is 22.1 Å². The zero-order chi connectivity index (χ0) is 23.6. The first-order valence-corrected chi connectivity index (χ1v) is 12.2. The zero-order valence-electron chi connectivity index (χ0n) is 19.0. The minimum absolute atomic E-state index is 0.0783. The summed E-state index contributed by atoms with van der Waals surface area (Å²) in [5, 5.41) is 3.89. The number of hydrogen-bond donors (Lipinski definition) is 0. The molecule has 2 atom stereocenters. The van der Waals surface area contributed by atoms with Gasteiger partial charge in [0.15, 0.2) is 0 Å². The molecule has 2 aromatic carbocycles. The molecule has 0 radical (unpaired) electrons. The summed E-state index contributed by atoms with van der Waals surface area (Å²) in [6.45, 7) is 0. The fourth-order valence-electron chi connectivity index (χ4n) is 4.21. The second-order valence-corrected chi connectivity index (χ2v) is 10.1. The van der Waals surface area contributed by atoms with E-state index in [-0.39, 0.29) is 18.2 Å². The largest absolute Gasteiger partial charge is 0.497 e. The molecule has 172 valence electrons. The van der Waals surface area contributed by atoms with Crippen LogP contribution in [-0.4, -0.2) is 49.8 Å². The highest BCUT2D eigenvalue weighted by atomic mass is 32.2. The van der Waals surface area contributed by atoms with Crippen molar-refractivity contribution in [2.24, 2.45) is 0 Å². The Kier molecular flexibility index (Phi) is 6.67. The summed E-state index contributed by atoms with van der Waals surface area (Å²) < 4.78 is 9.57. The van der Waals surface area contributed by atoms with Crippen LogP contribution in [0.1, 0.15) is 18.0 Å². The molecule has 2 amide bonds. The van der Waals surface area contributed by atoms with E-state index in [4.69, 9.17) is 9.47 Å². The molecule has 33 heavy (non-hydrogen) atoms. The maximum absolute atomic E-state index is 13.8. The molecule has 0 spiro atoms. The number of carbonyl (C=O) groups is 2. The normalized spacial score (nSPS) is 20.1. The number of thiophene rings is 1. The summed E-state index contributed by atoms with van der Waals surface area (Å²) in [4.78, 5) is 31.6. The maximum atomic E-state index is 13.8. The van der Waals surface area contributed by atoms with Crippen molar-refractivity contribution >= 4 is 40.6 Å². The van der Waals surface area contributed by atoms with Gasteiger partial charge >= 0.3 is 0 Å². The van der Waals surface area contributed by atoms with Gasteiger partial charge in [-0.1, -0.05) is 12.1 Å². The monoisotopic (exact) mass is 482 g/mol. The number of benzene rings is 2. The number of nitrogens with zero attached hydrogens (tertiary/aromatic N) is 2. The molecule has 0 aliphatic carbocycles. The fraction of sp³-hybridized carbons (Fsp3) is 0.280. The van der Waals surface area contributed by atoms with Crippen molar-refractivity contribution in [3.63, 3.8) is 0 Å². The average molecular weight is 483 g/mol. The van der Waals surface area contributed by atoms with Gasteiger partial charge in [0.1, 0.15) is 16.2 Å². The molecule has 0 saturated carbocycles. The number of carbonyl (C=O) groups excluding carboxylic acids is 2. The molecule has 0 unspecified atom stereocenters. The van der Waals surface area contributed by atoms with Crippen molar-refractivity contribution in [1.82, 2.24) is 4.90 Å². The van der Waals surface area contributed by atoms with Crippen molar-refractivity contribution in [3.8, 4) is 11.5 Å². The lowest BCUT2D eigenvalue weighted by Crippen LogP contribution is -2.47. The van der Waals surface area contributed by atoms with Gasteiger partial charge in [-0.2, -0.15) is 11.3 Å². The van der Waals surface area contributed by atoms with Crippen LogP contribution in [0.2, 0.25) is 0 Å². The van der Waals surface area contributed by atoms with E-state index >= 15 is 0 Å². The highest BCUT2D eigenvalue weighted by molar-refractivity contribution is 8.01. The van der Waals surface area contributed by atoms with E-state index in [1.54, 1.807) is 38.1 Å². The third kappa shape index (κ3) is 4.32. The lowest BCUT2D eigenvalue weighted by atomic mass is 9.91. The Balaban J connectivity index is 1.88. The van der Waals surface area contributed by atoms with Crippen LogP contribution in [0.15, 0.2) is 70.3 Å². The standard InChI is InChI=1S/C25H26N2O4S2/c1-26(2)24(29)25(33-21-11-9-20(31-4)10-12-21)15-22(28)27(18-13-14-32-16-18)23(25)17-5-7-19(30-3)8-6-17/h5-14,16,23H,15H2,1-4H3/t23-,25-/m1/s1. The molecule has 8 heteroatoms. The summed E-state index contributed by atoms with van der Waals surface area (Å²) in [6, 6.07) is 16.6. The Morgan fingerprint density at radius 3 is 2.15 bits per heavy atom. The van der Waals surface area contributed by atoms with Crippen LogP contribution in [0.4, 0.5) is 5.69 Å². The second-order valence-electron chi connectivity index (χ2n) is 7.96. The number of hydrogen-bond acceptors (Lipinski definition) is 6. The predicted octanol–water partition coefficient (Wildman–Crippen LogP) is 4.86. The maximum Gasteiger partial charge on any atom is 0.241 e. The predicted molar refractivity (Wildman–Crippen MR) is 132 cm³/mol. The number of methoxy groups -OCH3 is 2. The van der Waals surface area contributed by atoms with E-state index in [2.05, 4.69) is 0 Å². The molecule has 1 saturated heterocycles. The van der Waals surface area contributed by atoms with Gasteiger partial charge in [0.05, 0.1) is 32.4 Å². The molecule has 1 aromatic heterocycles. The van der Waals surface area contributed by atoms with Crippen molar-refractivity contribution in [3.05, 3.63) is 70.9 Å². The van der Waals surface area contributed by atoms with Gasteiger partial charge in [-0.15, -0.1) is 11.8 Å². The fourth-order valence-corrected chi connectivity index (χ4v) is 6.35. The Morgan fingerprint density at radius 2 is 1.64 bits per heavy atom. The Hall–Kier alpha value is -2.97. The van der Waals surface area contributed by atoms with Gasteiger partial charge in [0.2, 0.25) is 11.8 Å². The van der Waals surface area contributed by atoms with Crippen LogP contribution in [0.25, 0.3) is 0 Å². The molecular formula is C25H26N2O4S2. The summed E-state index contributed by atoms with van der Waals surface area (Å²) in [5.74, 6) is 1.28. The van der Waals surface area contributed by atoms with Gasteiger partial charge in [-0.3, -0.25) is 9.59 Å². The van der Waals surface area contributed by atoms with Crippen LogP contribution in [0, 0.1) is 0 Å². The Bertz CT molecular complexity index is 1110. The lowest BCUT2D eigenvalue weighted by molar-refractivity contribution is -0.132. The molecule has 1 aliphatic rings. The summed E-state index contributed by atoms with van der Waals surface area (Å²) in [7, 11) is 6.71. The summed E-state index contributed by atoms with van der Waals surface area (Å²) >= 11 is 2.96. The topological polar surface area (TPSA) is 59.1 Å². The first-order valence-electron chi connectivity index (χ1n) is 10.4. The van der Waals surface area contributed by atoms with Gasteiger partial charge in [-0.25, -0.2) is 0 Å². The number of amides is 2. The lowest BCUT2D eigenvalue weighted by Gasteiger charge is -2.37. The first-order chi connectivity index (χ1) is 15.9. The molecule has 6 nitrogen and oxygen atoms in total. The van der Waals surface area contributed by atoms with Crippen molar-refractivity contribution in [1.29, 1.82) is 0 Å². The van der Waals surface area contributed by atoms with E-state index in [0.29, 0.717) is 0 Å². The third-order valence-corrected chi connectivity index (χ3v) is 7.81. The van der Waals surface area contributed by atoms with Crippen molar-refractivity contribution in [2.75, 3.05) is 33.2 Å². The van der Waals surface area contributed by atoms with Crippen LogP contribution in [-0.2, 0) is 9.59 Å². The minimum atomic E-state index is -1.05. The minimum Gasteiger partial charge on any atom is -0.497 e. The van der Waals surface area contributed by atoms with E-state index in [9.17, 15) is 9.59 Å². The highest BCUT2D eigenvalue weighted by Crippen LogP contribution is 2.54. The SMILES string of the molecule is COc1ccc(S[C@]2(C(=O)N(C)C)CC(=O)N(c3ccsc3)[C@@H]2c2ccc(OC)cc2)cc1. The van der Waals surface area contributed by atoms with Crippen LogP contribution >= 0.6 is 23.1 Å². The highest BCUT2D eigenvalue weighted by Gasteiger charge is 2.59. The zero-order valence-corrected chi connectivity index (χ0v) is 20.6. The van der Waals surface area contributed by atoms with Crippen LogP contribution < -0.4 is 14.4 Å². The molecule has 1 fully saturated rings. The van der Waals surface area contributed by atoms with Crippen LogP contribution in [0.5, 0.6) is 11.5 Å². The van der Waals surface area contributed by atoms with E-state index < -0.39 is 10.8 Å². The second kappa shape index (κ2) is 9.49. The van der Waals surface area contributed by atoms with Gasteiger partial charge in [0.25, 0.3) is 0 Å². The van der Waals surface area contributed by atoms with E-state index in [1.165, 1.54) is 23.1 Å². The number of thioether (sulfide) groups is 1. The van der Waals surface area contributed by atoms with Crippen LogP contribution in [0.3, 0.4) is 0 Å². The van der Waals surface area contributed by atoms with E-state index in [1.807, 2.05) is 65.4 Å². The molecule has 0 bridgehead atoms. The summed E-state index contributed by atoms with van der Waals surface area (Å²) in [6.07, 6.45) is 0.0905. The van der Waals surface area contributed by atoms with E-state index in [0.717, 1.165) is 27.6 Å². The van der Waals surface area contributed by atoms with Gasteiger partial charge in [-0.05, 0) is 53.4 Å². The molecule has 1 aliphatic heterocycles. The molecule has 0 N–H and O–H groups in total. The number of rotatable bonds is 7. The quantitative estimate of drug-likeness (QED) is 0.481. The molecule has 4 rings (SSSR count). The third-order valence-electron chi connectivity index (χ3n) is 5.73. The number of ether oxygens (including phenoxy) is 2. The Morgan fingerprint density at radius 1 is 1.03 bits per heavy atom. The average Bonchev–Trinajstić information content (AvgIpc) is 3.45. The molecule has 3 aromatic rings. The first kappa shape index (κ1) is 23.2. The number of anilines is 1. The smallest absolute Gasteiger partial charge is 0.241 e. The molecular weight excluding hydrogens is 456 g/mol. The van der Waals surface area contributed by atoms with Gasteiger partial charge in [0, 0.05) is 24.4 Å².